The highest BCUT2D eigenvalue weighted by atomic mass is 32.2. The number of benzene rings is 1. The fourth-order valence-corrected chi connectivity index (χ4v) is 3.11. The van der Waals surface area contributed by atoms with Crippen molar-refractivity contribution < 1.29 is 9.90 Å². The van der Waals surface area contributed by atoms with E-state index < -0.39 is 0 Å². The van der Waals surface area contributed by atoms with E-state index in [1.165, 1.54) is 6.42 Å². The highest BCUT2D eigenvalue weighted by Gasteiger charge is 2.22. The Morgan fingerprint density at radius 3 is 2.94 bits per heavy atom. The molecule has 17 heavy (non-hydrogen) atoms. The molecule has 92 valence electrons. The van der Waals surface area contributed by atoms with Crippen molar-refractivity contribution in [2.75, 3.05) is 11.1 Å². The van der Waals surface area contributed by atoms with E-state index in [1.807, 2.05) is 13.0 Å². The largest absolute Gasteiger partial charge is 0.506 e. The second-order valence-electron chi connectivity index (χ2n) is 4.37. The molecule has 1 unspecified atom stereocenters. The van der Waals surface area contributed by atoms with Gasteiger partial charge < -0.3 is 10.4 Å². The Morgan fingerprint density at radius 1 is 1.47 bits per heavy atom. The van der Waals surface area contributed by atoms with Crippen LogP contribution in [0.4, 0.5) is 5.69 Å². The Bertz CT molecular complexity index is 414. The number of amides is 1. The summed E-state index contributed by atoms with van der Waals surface area (Å²) in [6, 6.07) is 5.28. The number of thioether (sulfide) groups is 1. The first-order chi connectivity index (χ1) is 8.16. The molecule has 1 heterocycles. The summed E-state index contributed by atoms with van der Waals surface area (Å²) >= 11 is 1.71. The highest BCUT2D eigenvalue weighted by molar-refractivity contribution is 8.00. The smallest absolute Gasteiger partial charge is 0.237 e. The van der Waals surface area contributed by atoms with Crippen molar-refractivity contribution in [1.29, 1.82) is 0 Å². The monoisotopic (exact) mass is 251 g/mol. The molecule has 0 bridgehead atoms. The van der Waals surface area contributed by atoms with Crippen LogP contribution in [-0.2, 0) is 4.79 Å². The number of carbonyl (C=O) groups excluding carboxylic acids is 1. The summed E-state index contributed by atoms with van der Waals surface area (Å²) < 4.78 is 0. The maximum Gasteiger partial charge on any atom is 0.237 e. The van der Waals surface area contributed by atoms with Gasteiger partial charge in [0, 0.05) is 0 Å². The van der Waals surface area contributed by atoms with Crippen LogP contribution in [0.15, 0.2) is 18.2 Å². The Kier molecular flexibility index (Phi) is 3.94. The molecule has 2 N–H and O–H groups in total. The summed E-state index contributed by atoms with van der Waals surface area (Å²) in [6.45, 7) is 1.91. The lowest BCUT2D eigenvalue weighted by atomic mass is 10.1. The first kappa shape index (κ1) is 12.3. The standard InChI is InChI=1S/C13H17NO2S/c1-9-5-6-10(11(15)8-9)14-13(16)12-4-2-3-7-17-12/h5-6,8,12,15H,2-4,7H2,1H3,(H,14,16). The number of phenols is 1. The molecule has 1 aliphatic rings. The van der Waals surface area contributed by atoms with Gasteiger partial charge in [-0.15, -0.1) is 11.8 Å². The third-order valence-electron chi connectivity index (χ3n) is 2.88. The average molecular weight is 251 g/mol. The number of anilines is 1. The molecule has 1 aliphatic heterocycles. The van der Waals surface area contributed by atoms with Gasteiger partial charge in [-0.2, -0.15) is 0 Å². The van der Waals surface area contributed by atoms with E-state index in [4.69, 9.17) is 0 Å². The predicted molar refractivity (Wildman–Crippen MR) is 71.6 cm³/mol. The zero-order chi connectivity index (χ0) is 12.3. The van der Waals surface area contributed by atoms with E-state index in [9.17, 15) is 9.90 Å². The van der Waals surface area contributed by atoms with Gasteiger partial charge in [0.15, 0.2) is 0 Å². The van der Waals surface area contributed by atoms with Crippen LogP contribution in [0.3, 0.4) is 0 Å². The number of phenolic OH excluding ortho intramolecular Hbond substituents is 1. The molecular weight excluding hydrogens is 234 g/mol. The lowest BCUT2D eigenvalue weighted by Gasteiger charge is -2.20. The normalized spacial score (nSPS) is 19.9. The van der Waals surface area contributed by atoms with Crippen molar-refractivity contribution in [2.45, 2.75) is 31.4 Å². The molecule has 1 amide bonds. The van der Waals surface area contributed by atoms with Crippen LogP contribution in [0.1, 0.15) is 24.8 Å². The van der Waals surface area contributed by atoms with Gasteiger partial charge in [-0.05, 0) is 43.2 Å². The third-order valence-corrected chi connectivity index (χ3v) is 4.26. The van der Waals surface area contributed by atoms with E-state index >= 15 is 0 Å². The summed E-state index contributed by atoms with van der Waals surface area (Å²) in [6.07, 6.45) is 3.25. The zero-order valence-electron chi connectivity index (χ0n) is 9.90. The van der Waals surface area contributed by atoms with Gasteiger partial charge in [0.2, 0.25) is 5.91 Å². The first-order valence-electron chi connectivity index (χ1n) is 5.89. The van der Waals surface area contributed by atoms with Crippen LogP contribution in [0, 0.1) is 6.92 Å². The van der Waals surface area contributed by atoms with Gasteiger partial charge in [0.25, 0.3) is 0 Å². The lowest BCUT2D eigenvalue weighted by molar-refractivity contribution is -0.115. The Labute approximate surface area is 106 Å². The van der Waals surface area contributed by atoms with E-state index in [2.05, 4.69) is 5.32 Å². The Morgan fingerprint density at radius 2 is 2.29 bits per heavy atom. The summed E-state index contributed by atoms with van der Waals surface area (Å²) in [5, 5.41) is 12.5. The average Bonchev–Trinajstić information content (AvgIpc) is 2.34. The number of aryl methyl sites for hydroxylation is 1. The van der Waals surface area contributed by atoms with Crippen molar-refractivity contribution in [3.05, 3.63) is 23.8 Å². The first-order valence-corrected chi connectivity index (χ1v) is 6.94. The molecular formula is C13H17NO2S. The van der Waals surface area contributed by atoms with Crippen molar-refractivity contribution in [1.82, 2.24) is 0 Å². The molecule has 1 aromatic carbocycles. The minimum absolute atomic E-state index is 0.00820. The van der Waals surface area contributed by atoms with Crippen molar-refractivity contribution >= 4 is 23.4 Å². The number of nitrogens with one attached hydrogen (secondary N) is 1. The van der Waals surface area contributed by atoms with Gasteiger partial charge >= 0.3 is 0 Å². The van der Waals surface area contributed by atoms with Gasteiger partial charge in [0.1, 0.15) is 5.75 Å². The molecule has 2 rings (SSSR count). The summed E-state index contributed by atoms with van der Waals surface area (Å²) in [5.74, 6) is 1.20. The Balaban J connectivity index is 2.02. The number of hydrogen-bond acceptors (Lipinski definition) is 3. The maximum absolute atomic E-state index is 12.0. The molecule has 0 aliphatic carbocycles. The fourth-order valence-electron chi connectivity index (χ4n) is 1.91. The summed E-state index contributed by atoms with van der Waals surface area (Å²) in [4.78, 5) is 12.0. The second-order valence-corrected chi connectivity index (χ2v) is 5.68. The quantitative estimate of drug-likeness (QED) is 0.795. The number of hydrogen-bond donors (Lipinski definition) is 2. The van der Waals surface area contributed by atoms with Crippen LogP contribution in [0.2, 0.25) is 0 Å². The van der Waals surface area contributed by atoms with Crippen LogP contribution in [-0.4, -0.2) is 22.0 Å². The van der Waals surface area contributed by atoms with E-state index in [0.29, 0.717) is 5.69 Å². The summed E-state index contributed by atoms with van der Waals surface area (Å²) in [5.41, 5.74) is 1.49. The molecule has 0 saturated carbocycles. The fraction of sp³-hybridized carbons (Fsp3) is 0.462. The Hall–Kier alpha value is -1.16. The molecule has 1 atom stereocenters. The number of aromatic hydroxyl groups is 1. The van der Waals surface area contributed by atoms with Crippen LogP contribution in [0.25, 0.3) is 0 Å². The predicted octanol–water partition coefficient (Wildman–Crippen LogP) is 2.92. The zero-order valence-corrected chi connectivity index (χ0v) is 10.7. The molecule has 4 heteroatoms. The topological polar surface area (TPSA) is 49.3 Å². The maximum atomic E-state index is 12.0. The highest BCUT2D eigenvalue weighted by Crippen LogP contribution is 2.28. The molecule has 0 radical (unpaired) electrons. The van der Waals surface area contributed by atoms with Crippen molar-refractivity contribution in [2.24, 2.45) is 0 Å². The molecule has 3 nitrogen and oxygen atoms in total. The van der Waals surface area contributed by atoms with Gasteiger partial charge in [-0.25, -0.2) is 0 Å². The van der Waals surface area contributed by atoms with Crippen molar-refractivity contribution in [3.8, 4) is 5.75 Å². The van der Waals surface area contributed by atoms with Gasteiger partial charge in [-0.1, -0.05) is 12.5 Å². The van der Waals surface area contributed by atoms with Gasteiger partial charge in [-0.3, -0.25) is 4.79 Å². The SMILES string of the molecule is Cc1ccc(NC(=O)C2CCCCS2)c(O)c1. The van der Waals surface area contributed by atoms with Crippen LogP contribution >= 0.6 is 11.8 Å². The number of carbonyl (C=O) groups is 1. The molecule has 0 aromatic heterocycles. The molecule has 1 fully saturated rings. The van der Waals surface area contributed by atoms with E-state index in [0.717, 1.165) is 24.2 Å². The molecule has 0 spiro atoms. The van der Waals surface area contributed by atoms with E-state index in [-0.39, 0.29) is 16.9 Å². The van der Waals surface area contributed by atoms with Crippen LogP contribution < -0.4 is 5.32 Å². The second kappa shape index (κ2) is 5.45. The lowest BCUT2D eigenvalue weighted by Crippen LogP contribution is -2.27. The minimum atomic E-state index is 0.00820. The van der Waals surface area contributed by atoms with E-state index in [1.54, 1.807) is 23.9 Å². The van der Waals surface area contributed by atoms with Gasteiger partial charge in [0.05, 0.1) is 10.9 Å². The molecule has 1 saturated heterocycles. The summed E-state index contributed by atoms with van der Waals surface area (Å²) in [7, 11) is 0. The van der Waals surface area contributed by atoms with Crippen molar-refractivity contribution in [3.63, 3.8) is 0 Å². The third kappa shape index (κ3) is 3.16. The van der Waals surface area contributed by atoms with Crippen LogP contribution in [0.5, 0.6) is 5.75 Å². The number of rotatable bonds is 2. The molecule has 1 aromatic rings. The minimum Gasteiger partial charge on any atom is -0.506 e.